The van der Waals surface area contributed by atoms with Gasteiger partial charge in [0.2, 0.25) is 0 Å². The maximum atomic E-state index is 13.0. The number of ether oxygens (including phenoxy) is 1. The molecule has 0 atom stereocenters. The quantitative estimate of drug-likeness (QED) is 0.819. The summed E-state index contributed by atoms with van der Waals surface area (Å²) in [7, 11) is 0. The predicted octanol–water partition coefficient (Wildman–Crippen LogP) is 2.66. The van der Waals surface area contributed by atoms with Gasteiger partial charge in [0.1, 0.15) is 11.6 Å². The van der Waals surface area contributed by atoms with E-state index >= 15 is 0 Å². The standard InChI is InChI=1S/C10H9F4O2/c1-6(5-15)7-2-8(11)4-9(3-7)16-10(12,13)14/h2-4,15H,5H2,1H3. The Balaban J connectivity index is 2.99. The van der Waals surface area contributed by atoms with E-state index in [1.807, 2.05) is 0 Å². The molecule has 89 valence electrons. The van der Waals surface area contributed by atoms with Gasteiger partial charge in [-0.2, -0.15) is 0 Å². The SMILES string of the molecule is C[C](CO)c1cc(F)cc(OC(F)(F)F)c1. The van der Waals surface area contributed by atoms with Gasteiger partial charge in [-0.1, -0.05) is 6.92 Å². The van der Waals surface area contributed by atoms with Gasteiger partial charge in [-0.05, 0) is 17.7 Å². The van der Waals surface area contributed by atoms with Crippen LogP contribution in [0.25, 0.3) is 0 Å². The first kappa shape index (κ1) is 12.8. The highest BCUT2D eigenvalue weighted by Gasteiger charge is 2.31. The number of hydrogen-bond donors (Lipinski definition) is 1. The van der Waals surface area contributed by atoms with Crippen LogP contribution in [0.2, 0.25) is 0 Å². The molecule has 0 aliphatic carbocycles. The number of aliphatic hydroxyl groups excluding tert-OH is 1. The second kappa shape index (κ2) is 4.69. The van der Waals surface area contributed by atoms with Crippen molar-refractivity contribution in [1.29, 1.82) is 0 Å². The van der Waals surface area contributed by atoms with Crippen LogP contribution in [0.1, 0.15) is 12.5 Å². The Labute approximate surface area is 89.5 Å². The highest BCUT2D eigenvalue weighted by Crippen LogP contribution is 2.27. The van der Waals surface area contributed by atoms with Crippen LogP contribution in [0.5, 0.6) is 5.75 Å². The number of rotatable bonds is 3. The van der Waals surface area contributed by atoms with E-state index in [1.165, 1.54) is 6.92 Å². The minimum Gasteiger partial charge on any atom is -0.406 e. The molecule has 0 aliphatic rings. The molecular weight excluding hydrogens is 228 g/mol. The Hall–Kier alpha value is -1.30. The van der Waals surface area contributed by atoms with Gasteiger partial charge in [-0.15, -0.1) is 13.2 Å². The highest BCUT2D eigenvalue weighted by atomic mass is 19.4. The van der Waals surface area contributed by atoms with E-state index in [0.717, 1.165) is 12.1 Å². The monoisotopic (exact) mass is 237 g/mol. The molecule has 1 aromatic carbocycles. The van der Waals surface area contributed by atoms with Crippen molar-refractivity contribution in [3.8, 4) is 5.75 Å². The largest absolute Gasteiger partial charge is 0.573 e. The van der Waals surface area contributed by atoms with Crippen LogP contribution in [0.3, 0.4) is 0 Å². The molecular formula is C10H9F4O2. The number of alkyl halides is 3. The van der Waals surface area contributed by atoms with Crippen molar-refractivity contribution in [1.82, 2.24) is 0 Å². The zero-order chi connectivity index (χ0) is 12.3. The Morgan fingerprint density at radius 2 is 1.94 bits per heavy atom. The molecule has 0 aromatic heterocycles. The van der Waals surface area contributed by atoms with Crippen LogP contribution in [0.4, 0.5) is 17.6 Å². The van der Waals surface area contributed by atoms with Gasteiger partial charge in [0, 0.05) is 12.0 Å². The fraction of sp³-hybridized carbons (Fsp3) is 0.300. The molecule has 2 nitrogen and oxygen atoms in total. The molecule has 0 amide bonds. The minimum atomic E-state index is -4.86. The van der Waals surface area contributed by atoms with Crippen molar-refractivity contribution in [2.75, 3.05) is 6.61 Å². The molecule has 0 fully saturated rings. The summed E-state index contributed by atoms with van der Waals surface area (Å²) in [4.78, 5) is 0. The van der Waals surface area contributed by atoms with Gasteiger partial charge in [0.25, 0.3) is 0 Å². The Bertz CT molecular complexity index is 362. The molecule has 1 aromatic rings. The fourth-order valence-corrected chi connectivity index (χ4v) is 1.09. The summed E-state index contributed by atoms with van der Waals surface area (Å²) in [5.41, 5.74) is 0.168. The summed E-state index contributed by atoms with van der Waals surface area (Å²) in [6, 6.07) is 2.67. The number of halogens is 4. The molecule has 6 heteroatoms. The summed E-state index contributed by atoms with van der Waals surface area (Å²) in [5.74, 6) is -1.15. The lowest BCUT2D eigenvalue weighted by Crippen LogP contribution is -2.17. The maximum Gasteiger partial charge on any atom is 0.573 e. The Kier molecular flexibility index (Phi) is 3.74. The highest BCUT2D eigenvalue weighted by molar-refractivity contribution is 5.37. The van der Waals surface area contributed by atoms with Crippen LogP contribution >= 0.6 is 0 Å². The van der Waals surface area contributed by atoms with E-state index in [9.17, 15) is 17.6 Å². The number of aliphatic hydroxyl groups is 1. The molecule has 0 aliphatic heterocycles. The molecule has 16 heavy (non-hydrogen) atoms. The Morgan fingerprint density at radius 3 is 2.44 bits per heavy atom. The molecule has 1 N–H and O–H groups in total. The van der Waals surface area contributed by atoms with E-state index < -0.39 is 17.9 Å². The average Bonchev–Trinajstić information content (AvgIpc) is 2.12. The zero-order valence-electron chi connectivity index (χ0n) is 8.31. The lowest BCUT2D eigenvalue weighted by Gasteiger charge is -2.12. The van der Waals surface area contributed by atoms with Crippen LogP contribution in [-0.4, -0.2) is 18.1 Å². The lowest BCUT2D eigenvalue weighted by molar-refractivity contribution is -0.274. The third-order valence-corrected chi connectivity index (χ3v) is 1.83. The average molecular weight is 237 g/mol. The van der Waals surface area contributed by atoms with Gasteiger partial charge < -0.3 is 9.84 Å². The van der Waals surface area contributed by atoms with E-state index in [1.54, 1.807) is 0 Å². The van der Waals surface area contributed by atoms with Crippen LogP contribution < -0.4 is 4.74 Å². The summed E-state index contributed by atoms with van der Waals surface area (Å²) in [6.07, 6.45) is -4.86. The van der Waals surface area contributed by atoms with Crippen molar-refractivity contribution in [3.63, 3.8) is 0 Å². The molecule has 1 radical (unpaired) electrons. The minimum absolute atomic E-state index is 0.168. The van der Waals surface area contributed by atoms with E-state index in [2.05, 4.69) is 4.74 Å². The lowest BCUT2D eigenvalue weighted by atomic mass is 10.0. The molecule has 0 saturated carbocycles. The van der Waals surface area contributed by atoms with Gasteiger partial charge >= 0.3 is 6.36 Å². The molecule has 0 unspecified atom stereocenters. The van der Waals surface area contributed by atoms with Crippen molar-refractivity contribution in [2.24, 2.45) is 0 Å². The van der Waals surface area contributed by atoms with Crippen LogP contribution in [-0.2, 0) is 0 Å². The second-order valence-electron chi connectivity index (χ2n) is 3.16. The van der Waals surface area contributed by atoms with Crippen molar-refractivity contribution in [2.45, 2.75) is 13.3 Å². The first-order chi connectivity index (χ1) is 7.31. The van der Waals surface area contributed by atoms with Crippen molar-refractivity contribution < 1.29 is 27.4 Å². The number of hydrogen-bond acceptors (Lipinski definition) is 2. The third-order valence-electron chi connectivity index (χ3n) is 1.83. The topological polar surface area (TPSA) is 29.5 Å². The third kappa shape index (κ3) is 3.69. The van der Waals surface area contributed by atoms with E-state index in [4.69, 9.17) is 5.11 Å². The summed E-state index contributed by atoms with van der Waals surface area (Å²) >= 11 is 0. The summed E-state index contributed by atoms with van der Waals surface area (Å²) < 4.78 is 52.2. The van der Waals surface area contributed by atoms with Gasteiger partial charge in [-0.25, -0.2) is 4.39 Å². The van der Waals surface area contributed by atoms with Gasteiger partial charge in [0.15, 0.2) is 0 Å². The van der Waals surface area contributed by atoms with Gasteiger partial charge in [-0.3, -0.25) is 0 Å². The normalized spacial score (nSPS) is 11.9. The second-order valence-corrected chi connectivity index (χ2v) is 3.16. The molecule has 0 saturated heterocycles. The van der Waals surface area contributed by atoms with Crippen LogP contribution in [0, 0.1) is 11.7 Å². The van der Waals surface area contributed by atoms with Gasteiger partial charge in [0.05, 0.1) is 6.61 Å². The summed E-state index contributed by atoms with van der Waals surface area (Å²) in [5, 5.41) is 8.78. The van der Waals surface area contributed by atoms with Crippen molar-refractivity contribution >= 4 is 0 Å². The van der Waals surface area contributed by atoms with E-state index in [-0.39, 0.29) is 12.2 Å². The molecule has 0 spiro atoms. The van der Waals surface area contributed by atoms with Crippen LogP contribution in [0.15, 0.2) is 18.2 Å². The van der Waals surface area contributed by atoms with Crippen molar-refractivity contribution in [3.05, 3.63) is 35.5 Å². The molecule has 1 rings (SSSR count). The Morgan fingerprint density at radius 1 is 1.31 bits per heavy atom. The fourth-order valence-electron chi connectivity index (χ4n) is 1.09. The zero-order valence-corrected chi connectivity index (χ0v) is 8.31. The summed E-state index contributed by atoms with van der Waals surface area (Å²) in [6.45, 7) is 1.11. The first-order valence-corrected chi connectivity index (χ1v) is 4.32. The maximum absolute atomic E-state index is 13.0. The number of benzene rings is 1. The molecule has 0 bridgehead atoms. The smallest absolute Gasteiger partial charge is 0.406 e. The first-order valence-electron chi connectivity index (χ1n) is 4.32. The molecule has 0 heterocycles. The predicted molar refractivity (Wildman–Crippen MR) is 48.2 cm³/mol. The van der Waals surface area contributed by atoms with E-state index in [0.29, 0.717) is 12.0 Å².